The Morgan fingerprint density at radius 2 is 1.87 bits per heavy atom. The highest BCUT2D eigenvalue weighted by Crippen LogP contribution is 2.43. The summed E-state index contributed by atoms with van der Waals surface area (Å²) in [6.45, 7) is 2.05. The van der Waals surface area contributed by atoms with Crippen molar-refractivity contribution in [3.8, 4) is 0 Å². The van der Waals surface area contributed by atoms with E-state index < -0.39 is 0 Å². The lowest BCUT2D eigenvalue weighted by Gasteiger charge is -2.25. The molecule has 0 bridgehead atoms. The van der Waals surface area contributed by atoms with Gasteiger partial charge in [0, 0.05) is 22.8 Å². The van der Waals surface area contributed by atoms with Crippen molar-refractivity contribution in [1.82, 2.24) is 4.98 Å². The van der Waals surface area contributed by atoms with E-state index in [9.17, 15) is 4.79 Å². The number of amides is 1. The van der Waals surface area contributed by atoms with Gasteiger partial charge >= 0.3 is 0 Å². The molecule has 1 aliphatic heterocycles. The van der Waals surface area contributed by atoms with E-state index in [-0.39, 0.29) is 11.3 Å². The van der Waals surface area contributed by atoms with E-state index in [2.05, 4.69) is 30.1 Å². The zero-order valence-corrected chi connectivity index (χ0v) is 13.6. The molecule has 2 aromatic carbocycles. The van der Waals surface area contributed by atoms with Crippen molar-refractivity contribution in [3.05, 3.63) is 71.9 Å². The molecule has 3 aromatic rings. The zero-order valence-electron chi connectivity index (χ0n) is 12.8. The molecule has 0 spiro atoms. The molecule has 0 radical (unpaired) electrons. The summed E-state index contributed by atoms with van der Waals surface area (Å²) in [6, 6.07) is 18.3. The number of thioether (sulfide) groups is 1. The van der Waals surface area contributed by atoms with Crippen molar-refractivity contribution in [1.29, 1.82) is 0 Å². The first kappa shape index (κ1) is 14.3. The monoisotopic (exact) mass is 320 g/mol. The smallest absolute Gasteiger partial charge is 0.238 e. The Kier molecular flexibility index (Phi) is 3.54. The average molecular weight is 320 g/mol. The number of anilines is 1. The Balaban J connectivity index is 1.83. The Labute approximate surface area is 139 Å². The van der Waals surface area contributed by atoms with E-state index in [0.717, 1.165) is 22.2 Å². The van der Waals surface area contributed by atoms with Gasteiger partial charge in [-0.3, -0.25) is 14.7 Å². The van der Waals surface area contributed by atoms with Crippen LogP contribution in [0.25, 0.3) is 10.9 Å². The van der Waals surface area contributed by atoms with Crippen LogP contribution in [0.3, 0.4) is 0 Å². The van der Waals surface area contributed by atoms with Gasteiger partial charge in [-0.15, -0.1) is 11.8 Å². The van der Waals surface area contributed by atoms with Crippen LogP contribution in [0.4, 0.5) is 5.69 Å². The minimum absolute atomic E-state index is 0.0243. The van der Waals surface area contributed by atoms with Gasteiger partial charge < -0.3 is 0 Å². The number of rotatable bonds is 2. The van der Waals surface area contributed by atoms with Crippen LogP contribution < -0.4 is 4.90 Å². The number of nitrogens with zero attached hydrogens (tertiary/aromatic N) is 2. The Bertz CT molecular complexity index is 871. The molecule has 2 heterocycles. The molecule has 4 rings (SSSR count). The minimum Gasteiger partial charge on any atom is -0.295 e. The molecule has 1 aromatic heterocycles. The normalized spacial score (nSPS) is 17.9. The molecule has 114 valence electrons. The molecule has 3 nitrogen and oxygen atoms in total. The molecule has 1 amide bonds. The number of hydrogen-bond donors (Lipinski definition) is 0. The molecule has 1 saturated heterocycles. The third kappa shape index (κ3) is 2.49. The second kappa shape index (κ2) is 5.70. The van der Waals surface area contributed by atoms with E-state index in [1.54, 1.807) is 11.8 Å². The summed E-state index contributed by atoms with van der Waals surface area (Å²) >= 11 is 1.66. The molecule has 23 heavy (non-hydrogen) atoms. The second-order valence-electron chi connectivity index (χ2n) is 5.69. The third-order valence-corrected chi connectivity index (χ3v) is 5.30. The fraction of sp³-hybridized carbons (Fsp3) is 0.158. The maximum atomic E-state index is 12.5. The molecular weight excluding hydrogens is 304 g/mol. The van der Waals surface area contributed by atoms with Crippen molar-refractivity contribution in [2.45, 2.75) is 12.3 Å². The van der Waals surface area contributed by atoms with Crippen molar-refractivity contribution in [3.63, 3.8) is 0 Å². The molecule has 4 heteroatoms. The van der Waals surface area contributed by atoms with Crippen LogP contribution in [0, 0.1) is 6.92 Å². The molecule has 1 atom stereocenters. The van der Waals surface area contributed by atoms with Gasteiger partial charge in [0.2, 0.25) is 5.91 Å². The SMILES string of the molecule is Cc1ccc(N2C(=O)CSC2c2cccc3cccnc23)cc1. The predicted octanol–water partition coefficient (Wildman–Crippen LogP) is 4.32. The number of aryl methyl sites for hydroxylation is 1. The Morgan fingerprint density at radius 3 is 2.70 bits per heavy atom. The van der Waals surface area contributed by atoms with Crippen LogP contribution in [-0.2, 0) is 4.79 Å². The third-order valence-electron chi connectivity index (χ3n) is 4.11. The quantitative estimate of drug-likeness (QED) is 0.705. The largest absolute Gasteiger partial charge is 0.295 e. The van der Waals surface area contributed by atoms with Gasteiger partial charge in [0.25, 0.3) is 0 Å². The van der Waals surface area contributed by atoms with E-state index in [0.29, 0.717) is 5.75 Å². The van der Waals surface area contributed by atoms with Crippen LogP contribution in [0.2, 0.25) is 0 Å². The summed E-state index contributed by atoms with van der Waals surface area (Å²) in [5, 5.41) is 1.08. The van der Waals surface area contributed by atoms with Gasteiger partial charge in [-0.05, 0) is 25.1 Å². The number of pyridine rings is 1. The number of para-hydroxylation sites is 1. The van der Waals surface area contributed by atoms with Crippen molar-refractivity contribution in [2.75, 3.05) is 10.7 Å². The summed E-state index contributed by atoms with van der Waals surface area (Å²) in [4.78, 5) is 18.9. The standard InChI is InChI=1S/C19H16N2OS/c1-13-7-9-15(10-8-13)21-17(22)12-23-19(21)16-6-2-4-14-5-3-11-20-18(14)16/h2-11,19H,12H2,1H3. The lowest BCUT2D eigenvalue weighted by Crippen LogP contribution is -2.27. The van der Waals surface area contributed by atoms with Gasteiger partial charge in [-0.2, -0.15) is 0 Å². The number of hydrogen-bond acceptors (Lipinski definition) is 3. The highest BCUT2D eigenvalue weighted by atomic mass is 32.2. The first-order valence-electron chi connectivity index (χ1n) is 7.58. The molecule has 0 N–H and O–H groups in total. The number of carbonyl (C=O) groups excluding carboxylic acids is 1. The first-order valence-corrected chi connectivity index (χ1v) is 8.63. The van der Waals surface area contributed by atoms with Gasteiger partial charge in [0.1, 0.15) is 5.37 Å². The van der Waals surface area contributed by atoms with E-state index in [1.165, 1.54) is 5.56 Å². The van der Waals surface area contributed by atoms with Crippen molar-refractivity contribution < 1.29 is 4.79 Å². The summed E-state index contributed by atoms with van der Waals surface area (Å²) in [5.74, 6) is 0.652. The topological polar surface area (TPSA) is 33.2 Å². The highest BCUT2D eigenvalue weighted by molar-refractivity contribution is 8.00. The molecule has 0 saturated carbocycles. The minimum atomic E-state index is -0.0243. The number of aromatic nitrogens is 1. The number of carbonyl (C=O) groups is 1. The summed E-state index contributed by atoms with van der Waals surface area (Å²) < 4.78 is 0. The maximum absolute atomic E-state index is 12.5. The summed E-state index contributed by atoms with van der Waals surface area (Å²) in [7, 11) is 0. The zero-order chi connectivity index (χ0) is 15.8. The summed E-state index contributed by atoms with van der Waals surface area (Å²) in [6.07, 6.45) is 1.81. The van der Waals surface area contributed by atoms with E-state index >= 15 is 0 Å². The summed E-state index contributed by atoms with van der Waals surface area (Å²) in [5.41, 5.74) is 4.21. The van der Waals surface area contributed by atoms with Crippen LogP contribution in [0.15, 0.2) is 60.8 Å². The Hall–Kier alpha value is -2.33. The van der Waals surface area contributed by atoms with Gasteiger partial charge in [-0.1, -0.05) is 42.0 Å². The number of benzene rings is 2. The molecule has 0 aliphatic carbocycles. The van der Waals surface area contributed by atoms with Crippen LogP contribution >= 0.6 is 11.8 Å². The van der Waals surface area contributed by atoms with Crippen LogP contribution in [-0.4, -0.2) is 16.6 Å². The highest BCUT2D eigenvalue weighted by Gasteiger charge is 2.35. The molecular formula is C19H16N2OS. The second-order valence-corrected chi connectivity index (χ2v) is 6.75. The Morgan fingerprint density at radius 1 is 1.09 bits per heavy atom. The molecule has 1 aliphatic rings. The molecule has 1 unspecified atom stereocenters. The van der Waals surface area contributed by atoms with Crippen LogP contribution in [0.1, 0.15) is 16.5 Å². The molecule has 1 fully saturated rings. The fourth-order valence-corrected chi connectivity index (χ4v) is 4.16. The predicted molar refractivity (Wildman–Crippen MR) is 95.6 cm³/mol. The first-order chi connectivity index (χ1) is 11.2. The van der Waals surface area contributed by atoms with E-state index in [4.69, 9.17) is 0 Å². The lowest BCUT2D eigenvalue weighted by atomic mass is 10.1. The average Bonchev–Trinajstić information content (AvgIpc) is 2.96. The van der Waals surface area contributed by atoms with Gasteiger partial charge in [0.15, 0.2) is 0 Å². The fourth-order valence-electron chi connectivity index (χ4n) is 2.97. The van der Waals surface area contributed by atoms with E-state index in [1.807, 2.05) is 47.5 Å². The number of fused-ring (bicyclic) bond motifs is 1. The maximum Gasteiger partial charge on any atom is 0.238 e. The van der Waals surface area contributed by atoms with Crippen LogP contribution in [0.5, 0.6) is 0 Å². The van der Waals surface area contributed by atoms with Gasteiger partial charge in [0.05, 0.1) is 11.3 Å². The van der Waals surface area contributed by atoms with Gasteiger partial charge in [-0.25, -0.2) is 0 Å². The van der Waals surface area contributed by atoms with Crippen molar-refractivity contribution in [2.24, 2.45) is 0 Å². The lowest BCUT2D eigenvalue weighted by molar-refractivity contribution is -0.115. The van der Waals surface area contributed by atoms with Crippen molar-refractivity contribution >= 4 is 34.3 Å².